The molecule has 1 unspecified atom stereocenters. The van der Waals surface area contributed by atoms with Gasteiger partial charge >= 0.3 is 0 Å². The van der Waals surface area contributed by atoms with Crippen LogP contribution < -0.4 is 5.56 Å². The molecule has 136 valence electrons. The lowest BCUT2D eigenvalue weighted by Gasteiger charge is -2.24. The molecule has 1 aliphatic heterocycles. The lowest BCUT2D eigenvalue weighted by atomic mass is 10.2. The molecule has 1 fully saturated rings. The Morgan fingerprint density at radius 2 is 1.96 bits per heavy atom. The second-order valence-electron chi connectivity index (χ2n) is 6.47. The van der Waals surface area contributed by atoms with E-state index in [-0.39, 0.29) is 10.5 Å². The van der Waals surface area contributed by atoms with E-state index in [0.29, 0.717) is 36.1 Å². The van der Waals surface area contributed by atoms with E-state index in [9.17, 15) is 13.2 Å². The molecule has 26 heavy (non-hydrogen) atoms. The Balaban J connectivity index is 1.84. The minimum Gasteiger partial charge on any atom is -0.298 e. The van der Waals surface area contributed by atoms with Crippen LogP contribution in [0.2, 0.25) is 0 Å². The van der Waals surface area contributed by atoms with Gasteiger partial charge in [-0.25, -0.2) is 13.4 Å². The van der Waals surface area contributed by atoms with Gasteiger partial charge < -0.3 is 0 Å². The van der Waals surface area contributed by atoms with Crippen molar-refractivity contribution in [3.8, 4) is 0 Å². The molecule has 4 rings (SSSR count). The average molecular weight is 373 g/mol. The predicted molar refractivity (Wildman–Crippen MR) is 96.1 cm³/mol. The fourth-order valence-corrected chi connectivity index (χ4v) is 5.13. The normalized spacial score (nSPS) is 18.6. The van der Waals surface area contributed by atoms with Gasteiger partial charge in [0.1, 0.15) is 10.7 Å². The highest BCUT2D eigenvalue weighted by molar-refractivity contribution is 7.89. The lowest BCUT2D eigenvalue weighted by molar-refractivity contribution is 0.374. The zero-order chi connectivity index (χ0) is 18.5. The topological polar surface area (TPSA) is 90.1 Å². The molecular formula is C17H19N5O3S. The summed E-state index contributed by atoms with van der Waals surface area (Å²) in [6.07, 6.45) is 4.17. The Kier molecular flexibility index (Phi) is 3.92. The van der Waals surface area contributed by atoms with Crippen LogP contribution in [0.3, 0.4) is 0 Å². The van der Waals surface area contributed by atoms with Crippen molar-refractivity contribution in [3.63, 3.8) is 0 Å². The third kappa shape index (κ3) is 2.55. The second kappa shape index (κ2) is 6.03. The number of fused-ring (bicyclic) bond motifs is 1. The van der Waals surface area contributed by atoms with E-state index in [0.717, 1.165) is 0 Å². The van der Waals surface area contributed by atoms with Crippen molar-refractivity contribution in [3.05, 3.63) is 52.8 Å². The monoisotopic (exact) mass is 373 g/mol. The molecule has 8 nitrogen and oxygen atoms in total. The van der Waals surface area contributed by atoms with Gasteiger partial charge in [-0.15, -0.1) is 0 Å². The van der Waals surface area contributed by atoms with Crippen LogP contribution in [0.4, 0.5) is 0 Å². The summed E-state index contributed by atoms with van der Waals surface area (Å²) in [5.41, 5.74) is 0.410. The Morgan fingerprint density at radius 3 is 2.69 bits per heavy atom. The van der Waals surface area contributed by atoms with E-state index in [4.69, 9.17) is 0 Å². The summed E-state index contributed by atoms with van der Waals surface area (Å²) < 4.78 is 30.5. The Hall–Kier alpha value is -2.52. The first-order valence-corrected chi connectivity index (χ1v) is 9.80. The first kappa shape index (κ1) is 16.9. The molecule has 2 aromatic heterocycles. The van der Waals surface area contributed by atoms with Crippen molar-refractivity contribution in [2.75, 3.05) is 6.54 Å². The van der Waals surface area contributed by atoms with Crippen molar-refractivity contribution in [2.24, 2.45) is 14.1 Å². The molecule has 0 amide bonds. The predicted octanol–water partition coefficient (Wildman–Crippen LogP) is 1.19. The van der Waals surface area contributed by atoms with E-state index < -0.39 is 16.1 Å². The molecule has 0 saturated carbocycles. The maximum absolute atomic E-state index is 13.0. The van der Waals surface area contributed by atoms with Crippen LogP contribution in [-0.4, -0.2) is 38.6 Å². The Labute approximate surface area is 150 Å². The van der Waals surface area contributed by atoms with Gasteiger partial charge in [-0.3, -0.25) is 14.0 Å². The third-order valence-electron chi connectivity index (χ3n) is 4.81. The van der Waals surface area contributed by atoms with Gasteiger partial charge in [0.25, 0.3) is 5.56 Å². The molecule has 1 aliphatic rings. The van der Waals surface area contributed by atoms with Gasteiger partial charge in [0.05, 0.1) is 23.1 Å². The first-order chi connectivity index (χ1) is 12.4. The number of hydrogen-bond acceptors (Lipinski definition) is 5. The lowest BCUT2D eigenvalue weighted by Crippen LogP contribution is -2.34. The van der Waals surface area contributed by atoms with Crippen molar-refractivity contribution >= 4 is 20.9 Å². The Bertz CT molecular complexity index is 1150. The van der Waals surface area contributed by atoms with Gasteiger partial charge in [0, 0.05) is 26.8 Å². The zero-order valence-corrected chi connectivity index (χ0v) is 15.3. The highest BCUT2D eigenvalue weighted by Crippen LogP contribution is 2.35. The molecule has 3 heterocycles. The largest absolute Gasteiger partial charge is 0.298 e. The second-order valence-corrected chi connectivity index (χ2v) is 8.37. The number of aryl methyl sites for hydroxylation is 1. The first-order valence-electron chi connectivity index (χ1n) is 8.36. The summed E-state index contributed by atoms with van der Waals surface area (Å²) in [5.74, 6) is 0.471. The Morgan fingerprint density at radius 1 is 1.19 bits per heavy atom. The quantitative estimate of drug-likeness (QED) is 0.688. The number of nitrogens with zero attached hydrogens (tertiary/aromatic N) is 5. The van der Waals surface area contributed by atoms with Crippen LogP contribution >= 0.6 is 0 Å². The maximum atomic E-state index is 13.0. The van der Waals surface area contributed by atoms with Crippen LogP contribution in [-0.2, 0) is 24.1 Å². The highest BCUT2D eigenvalue weighted by atomic mass is 32.2. The molecule has 0 N–H and O–H groups in total. The standard InChI is InChI=1S/C17H19N5O3S/c1-20-11-12(10-18-20)26(24,25)22-9-5-8-15(22)16-19-14-7-4-3-6-13(14)17(23)21(16)2/h3-4,6-7,10-11,15H,5,8-9H2,1-2H3. The van der Waals surface area contributed by atoms with Crippen molar-refractivity contribution in [1.82, 2.24) is 23.6 Å². The average Bonchev–Trinajstić information content (AvgIpc) is 3.28. The van der Waals surface area contributed by atoms with Crippen molar-refractivity contribution < 1.29 is 8.42 Å². The molecule has 1 atom stereocenters. The van der Waals surface area contributed by atoms with Gasteiger partial charge in [-0.1, -0.05) is 12.1 Å². The van der Waals surface area contributed by atoms with Gasteiger partial charge in [0.15, 0.2) is 0 Å². The number of sulfonamides is 1. The van der Waals surface area contributed by atoms with E-state index in [1.54, 1.807) is 32.3 Å². The third-order valence-corrected chi connectivity index (χ3v) is 6.67. The fourth-order valence-electron chi connectivity index (χ4n) is 3.49. The molecule has 9 heteroatoms. The SMILES string of the molecule is Cn1cc(S(=O)(=O)N2CCCC2c2nc3ccccc3c(=O)n2C)cn1. The van der Waals surface area contributed by atoms with Crippen LogP contribution in [0, 0.1) is 0 Å². The van der Waals surface area contributed by atoms with Gasteiger partial charge in [-0.05, 0) is 25.0 Å². The molecule has 3 aromatic rings. The molecular weight excluding hydrogens is 354 g/mol. The van der Waals surface area contributed by atoms with Crippen molar-refractivity contribution in [1.29, 1.82) is 0 Å². The van der Waals surface area contributed by atoms with Crippen LogP contribution in [0.15, 0.2) is 46.3 Å². The van der Waals surface area contributed by atoms with E-state index >= 15 is 0 Å². The molecule has 0 aliphatic carbocycles. The van der Waals surface area contributed by atoms with Gasteiger partial charge in [0.2, 0.25) is 10.0 Å². The summed E-state index contributed by atoms with van der Waals surface area (Å²) in [7, 11) is -0.385. The van der Waals surface area contributed by atoms with Crippen LogP contribution in [0.5, 0.6) is 0 Å². The summed E-state index contributed by atoms with van der Waals surface area (Å²) >= 11 is 0. The minimum absolute atomic E-state index is 0.151. The zero-order valence-electron chi connectivity index (χ0n) is 14.5. The summed E-state index contributed by atoms with van der Waals surface area (Å²) in [5, 5.41) is 4.49. The molecule has 1 saturated heterocycles. The van der Waals surface area contributed by atoms with Gasteiger partial charge in [-0.2, -0.15) is 9.40 Å². The summed E-state index contributed by atoms with van der Waals surface area (Å²) in [4.78, 5) is 17.4. The van der Waals surface area contributed by atoms with E-state index in [1.807, 2.05) is 6.07 Å². The number of hydrogen-bond donors (Lipinski definition) is 0. The van der Waals surface area contributed by atoms with E-state index in [2.05, 4.69) is 10.1 Å². The fraction of sp³-hybridized carbons (Fsp3) is 0.353. The molecule has 0 spiro atoms. The van der Waals surface area contributed by atoms with Crippen LogP contribution in [0.25, 0.3) is 10.9 Å². The maximum Gasteiger partial charge on any atom is 0.261 e. The number of aromatic nitrogens is 4. The minimum atomic E-state index is -3.70. The summed E-state index contributed by atoms with van der Waals surface area (Å²) in [6.45, 7) is 0.393. The number of rotatable bonds is 3. The molecule has 1 aromatic carbocycles. The molecule has 0 bridgehead atoms. The highest BCUT2D eigenvalue weighted by Gasteiger charge is 2.39. The number of para-hydroxylation sites is 1. The number of benzene rings is 1. The smallest absolute Gasteiger partial charge is 0.261 e. The van der Waals surface area contributed by atoms with Crippen molar-refractivity contribution in [2.45, 2.75) is 23.8 Å². The van der Waals surface area contributed by atoms with Crippen LogP contribution in [0.1, 0.15) is 24.7 Å². The summed E-state index contributed by atoms with van der Waals surface area (Å²) in [6, 6.07) is 6.64. The van der Waals surface area contributed by atoms with E-state index in [1.165, 1.54) is 25.9 Å². The molecule has 0 radical (unpaired) electrons.